The van der Waals surface area contributed by atoms with E-state index in [2.05, 4.69) is 0 Å². The summed E-state index contributed by atoms with van der Waals surface area (Å²) in [5, 5.41) is 9.28. The summed E-state index contributed by atoms with van der Waals surface area (Å²) >= 11 is 0. The van der Waals surface area contributed by atoms with Crippen LogP contribution in [0.4, 0.5) is 0 Å². The van der Waals surface area contributed by atoms with Crippen molar-refractivity contribution >= 4 is 21.7 Å². The van der Waals surface area contributed by atoms with Gasteiger partial charge in [0.2, 0.25) is 0 Å². The van der Waals surface area contributed by atoms with Crippen LogP contribution in [0.5, 0.6) is 0 Å². The Kier molecular flexibility index (Phi) is 5.32. The molecular formula is C20H21NO5S. The number of rotatable bonds is 7. The van der Waals surface area contributed by atoms with Gasteiger partial charge in [-0.3, -0.25) is 4.79 Å². The maximum absolute atomic E-state index is 12.9. The highest BCUT2D eigenvalue weighted by Gasteiger charge is 2.39. The van der Waals surface area contributed by atoms with Gasteiger partial charge in [0.05, 0.1) is 10.6 Å². The molecule has 3 rings (SSSR count). The highest BCUT2D eigenvalue weighted by atomic mass is 32.2. The summed E-state index contributed by atoms with van der Waals surface area (Å²) in [5.74, 6) is -1.70. The Morgan fingerprint density at radius 3 is 2.37 bits per heavy atom. The van der Waals surface area contributed by atoms with Crippen molar-refractivity contribution in [1.29, 1.82) is 0 Å². The third kappa shape index (κ3) is 4.36. The van der Waals surface area contributed by atoms with Crippen molar-refractivity contribution in [1.82, 2.24) is 4.90 Å². The van der Waals surface area contributed by atoms with Crippen molar-refractivity contribution in [3.05, 3.63) is 65.7 Å². The first-order chi connectivity index (χ1) is 12.8. The third-order valence-corrected chi connectivity index (χ3v) is 6.27. The molecule has 0 saturated heterocycles. The number of carboxylic acids is 1. The van der Waals surface area contributed by atoms with Crippen molar-refractivity contribution in [2.45, 2.75) is 42.5 Å². The molecule has 0 bridgehead atoms. The zero-order valence-electron chi connectivity index (χ0n) is 14.9. The van der Waals surface area contributed by atoms with Crippen LogP contribution >= 0.6 is 0 Å². The maximum atomic E-state index is 12.9. The quantitative estimate of drug-likeness (QED) is 0.789. The van der Waals surface area contributed by atoms with E-state index in [1.54, 1.807) is 24.3 Å². The monoisotopic (exact) mass is 387 g/mol. The molecule has 1 aliphatic rings. The minimum Gasteiger partial charge on any atom is -0.480 e. The average molecular weight is 387 g/mol. The van der Waals surface area contributed by atoms with Gasteiger partial charge in [0.25, 0.3) is 5.91 Å². The fourth-order valence-corrected chi connectivity index (χ4v) is 4.37. The van der Waals surface area contributed by atoms with Gasteiger partial charge in [0, 0.05) is 11.6 Å². The Morgan fingerprint density at radius 2 is 1.78 bits per heavy atom. The molecule has 0 radical (unpaired) electrons. The second-order valence-corrected chi connectivity index (χ2v) is 8.72. The number of sulfone groups is 1. The summed E-state index contributed by atoms with van der Waals surface area (Å²) in [6.45, 7) is 1.47. The molecule has 2 aromatic carbocycles. The minimum absolute atomic E-state index is 0.0518. The van der Waals surface area contributed by atoms with Gasteiger partial charge in [-0.25, -0.2) is 13.2 Å². The van der Waals surface area contributed by atoms with Gasteiger partial charge in [-0.15, -0.1) is 0 Å². The SMILES string of the molecule is CC(C(=O)O)N(C(=O)c1cccc(S(=O)(=O)Cc2ccccc2)c1)C1CC1. The molecule has 0 aliphatic heterocycles. The third-order valence-electron chi connectivity index (χ3n) is 4.59. The molecule has 1 unspecified atom stereocenters. The molecule has 1 aliphatic carbocycles. The van der Waals surface area contributed by atoms with Gasteiger partial charge < -0.3 is 10.0 Å². The molecule has 0 spiro atoms. The van der Waals surface area contributed by atoms with Crippen molar-refractivity contribution < 1.29 is 23.1 Å². The summed E-state index contributed by atoms with van der Waals surface area (Å²) in [6.07, 6.45) is 1.52. The first-order valence-corrected chi connectivity index (χ1v) is 10.4. The van der Waals surface area contributed by atoms with E-state index >= 15 is 0 Å². The molecule has 2 aromatic rings. The summed E-state index contributed by atoms with van der Waals surface area (Å²) in [6, 6.07) is 13.6. The fraction of sp³-hybridized carbons (Fsp3) is 0.300. The molecule has 1 amide bonds. The van der Waals surface area contributed by atoms with Crippen molar-refractivity contribution in [2.75, 3.05) is 0 Å². The van der Waals surface area contributed by atoms with Gasteiger partial charge in [0.15, 0.2) is 9.84 Å². The number of aliphatic carboxylic acids is 1. The topological polar surface area (TPSA) is 91.8 Å². The Balaban J connectivity index is 1.88. The van der Waals surface area contributed by atoms with Crippen LogP contribution in [0, 0.1) is 0 Å². The standard InChI is InChI=1S/C20H21NO5S/c1-14(20(23)24)21(17-10-11-17)19(22)16-8-5-9-18(12-16)27(25,26)13-15-6-3-2-4-7-15/h2-9,12,14,17H,10-11,13H2,1H3,(H,23,24). The molecule has 1 saturated carbocycles. The summed E-state index contributed by atoms with van der Waals surface area (Å²) in [5.41, 5.74) is 0.845. The molecule has 7 heteroatoms. The summed E-state index contributed by atoms with van der Waals surface area (Å²) < 4.78 is 25.4. The van der Waals surface area contributed by atoms with Crippen LogP contribution in [0.3, 0.4) is 0 Å². The molecule has 0 aromatic heterocycles. The number of benzene rings is 2. The Hall–Kier alpha value is -2.67. The van der Waals surface area contributed by atoms with Gasteiger partial charge in [-0.1, -0.05) is 36.4 Å². The largest absolute Gasteiger partial charge is 0.480 e. The number of hydrogen-bond donors (Lipinski definition) is 1. The first-order valence-electron chi connectivity index (χ1n) is 8.72. The van der Waals surface area contributed by atoms with Crippen molar-refractivity contribution in [2.24, 2.45) is 0 Å². The van der Waals surface area contributed by atoms with Gasteiger partial charge in [-0.2, -0.15) is 0 Å². The number of nitrogens with zero attached hydrogens (tertiary/aromatic N) is 1. The minimum atomic E-state index is -3.62. The number of carbonyl (C=O) groups excluding carboxylic acids is 1. The first kappa shape index (κ1) is 19.1. The van der Waals surface area contributed by atoms with E-state index in [9.17, 15) is 23.1 Å². The van der Waals surface area contributed by atoms with E-state index < -0.39 is 27.8 Å². The smallest absolute Gasteiger partial charge is 0.326 e. The molecule has 1 N–H and O–H groups in total. The van der Waals surface area contributed by atoms with E-state index in [1.807, 2.05) is 6.07 Å². The van der Waals surface area contributed by atoms with Crippen LogP contribution in [-0.4, -0.2) is 42.4 Å². The molecule has 0 heterocycles. The molecular weight excluding hydrogens is 366 g/mol. The predicted octanol–water partition coefficient (Wildman–Crippen LogP) is 2.74. The van der Waals surface area contributed by atoms with Crippen LogP contribution in [0.2, 0.25) is 0 Å². The maximum Gasteiger partial charge on any atom is 0.326 e. The zero-order chi connectivity index (χ0) is 19.6. The lowest BCUT2D eigenvalue weighted by atomic mass is 10.1. The zero-order valence-corrected chi connectivity index (χ0v) is 15.7. The van der Waals surface area contributed by atoms with Crippen molar-refractivity contribution in [3.8, 4) is 0 Å². The number of carbonyl (C=O) groups is 2. The van der Waals surface area contributed by atoms with Crippen LogP contribution in [0.15, 0.2) is 59.5 Å². The van der Waals surface area contributed by atoms with Crippen LogP contribution < -0.4 is 0 Å². The molecule has 1 atom stereocenters. The van der Waals surface area contributed by atoms with Crippen molar-refractivity contribution in [3.63, 3.8) is 0 Å². The van der Waals surface area contributed by atoms with Crippen LogP contribution in [-0.2, 0) is 20.4 Å². The van der Waals surface area contributed by atoms with Gasteiger partial charge >= 0.3 is 5.97 Å². The second kappa shape index (κ2) is 7.52. The normalized spacial score (nSPS) is 15.1. The molecule has 27 heavy (non-hydrogen) atoms. The number of amides is 1. The molecule has 6 nitrogen and oxygen atoms in total. The van der Waals surface area contributed by atoms with Crippen LogP contribution in [0.1, 0.15) is 35.7 Å². The lowest BCUT2D eigenvalue weighted by Crippen LogP contribution is -2.44. The van der Waals surface area contributed by atoms with Gasteiger partial charge in [-0.05, 0) is 43.5 Å². The lowest BCUT2D eigenvalue weighted by molar-refractivity contribution is -0.141. The fourth-order valence-electron chi connectivity index (χ4n) is 2.98. The Bertz CT molecular complexity index is 951. The highest BCUT2D eigenvalue weighted by Crippen LogP contribution is 2.30. The average Bonchev–Trinajstić information content (AvgIpc) is 3.47. The Morgan fingerprint density at radius 1 is 1.11 bits per heavy atom. The molecule has 142 valence electrons. The number of hydrogen-bond acceptors (Lipinski definition) is 4. The lowest BCUT2D eigenvalue weighted by Gasteiger charge is -2.26. The Labute approximate surface area is 158 Å². The van der Waals surface area contributed by atoms with E-state index in [-0.39, 0.29) is 22.3 Å². The van der Waals surface area contributed by atoms with E-state index in [1.165, 1.54) is 36.1 Å². The van der Waals surface area contributed by atoms with E-state index in [0.29, 0.717) is 5.56 Å². The summed E-state index contributed by atoms with van der Waals surface area (Å²) in [4.78, 5) is 25.6. The van der Waals surface area contributed by atoms with E-state index in [4.69, 9.17) is 0 Å². The van der Waals surface area contributed by atoms with E-state index in [0.717, 1.165) is 12.8 Å². The highest BCUT2D eigenvalue weighted by molar-refractivity contribution is 7.90. The predicted molar refractivity (Wildman–Crippen MR) is 100 cm³/mol. The molecule has 1 fully saturated rings. The number of carboxylic acid groups (broad SMARTS) is 1. The van der Waals surface area contributed by atoms with Crippen LogP contribution in [0.25, 0.3) is 0 Å². The summed E-state index contributed by atoms with van der Waals surface area (Å²) in [7, 11) is -3.62. The van der Waals surface area contributed by atoms with Gasteiger partial charge in [0.1, 0.15) is 6.04 Å². The second-order valence-electron chi connectivity index (χ2n) is 6.73.